The predicted molar refractivity (Wildman–Crippen MR) is 38.2 cm³/mol. The standard InChI is InChI=1S/C7H7FN2/c8-7-4-2-1-3-6(7)5-10-9/h1-5H,9H2. The summed E-state index contributed by atoms with van der Waals surface area (Å²) in [6.07, 6.45) is 1.27. The molecule has 3 heteroatoms. The van der Waals surface area contributed by atoms with Crippen LogP contribution in [0.2, 0.25) is 0 Å². The molecule has 2 nitrogen and oxygen atoms in total. The van der Waals surface area contributed by atoms with Crippen molar-refractivity contribution in [3.63, 3.8) is 0 Å². The maximum atomic E-state index is 12.6. The Labute approximate surface area is 58.2 Å². The third kappa shape index (κ3) is 1.31. The molecule has 0 saturated carbocycles. The zero-order chi connectivity index (χ0) is 7.40. The smallest absolute Gasteiger partial charge is 0.132 e. The first kappa shape index (κ1) is 6.74. The molecule has 0 saturated heterocycles. The van der Waals surface area contributed by atoms with Gasteiger partial charge in [-0.15, -0.1) is 0 Å². The van der Waals surface area contributed by atoms with Gasteiger partial charge in [0, 0.05) is 5.56 Å². The van der Waals surface area contributed by atoms with Gasteiger partial charge in [0.25, 0.3) is 0 Å². The number of nitrogens with zero attached hydrogens (tertiary/aromatic N) is 1. The average molecular weight is 138 g/mol. The van der Waals surface area contributed by atoms with Crippen molar-refractivity contribution >= 4 is 6.21 Å². The molecule has 0 fully saturated rings. The molecule has 0 aliphatic heterocycles. The zero-order valence-electron chi connectivity index (χ0n) is 5.29. The Hall–Kier alpha value is -1.38. The number of hydrogen-bond acceptors (Lipinski definition) is 2. The predicted octanol–water partition coefficient (Wildman–Crippen LogP) is 1.12. The molecule has 0 bridgehead atoms. The number of rotatable bonds is 1. The van der Waals surface area contributed by atoms with Crippen molar-refractivity contribution in [2.75, 3.05) is 0 Å². The molecule has 2 N–H and O–H groups in total. The largest absolute Gasteiger partial charge is 0.323 e. The maximum absolute atomic E-state index is 12.6. The Morgan fingerprint density at radius 1 is 1.40 bits per heavy atom. The summed E-state index contributed by atoms with van der Waals surface area (Å²) in [6.45, 7) is 0. The van der Waals surface area contributed by atoms with Crippen LogP contribution in [0.5, 0.6) is 0 Å². The van der Waals surface area contributed by atoms with Gasteiger partial charge in [-0.25, -0.2) is 4.39 Å². The van der Waals surface area contributed by atoms with E-state index >= 15 is 0 Å². The molecule has 1 aromatic rings. The van der Waals surface area contributed by atoms with Crippen molar-refractivity contribution in [1.82, 2.24) is 0 Å². The first-order valence-electron chi connectivity index (χ1n) is 2.82. The average Bonchev–Trinajstić information content (AvgIpc) is 1.94. The number of hydrogen-bond donors (Lipinski definition) is 1. The lowest BCUT2D eigenvalue weighted by Gasteiger charge is -1.91. The van der Waals surface area contributed by atoms with Crippen LogP contribution in [0.25, 0.3) is 0 Å². The summed E-state index contributed by atoms with van der Waals surface area (Å²) in [5.41, 5.74) is 0.407. The molecule has 0 spiro atoms. The van der Waals surface area contributed by atoms with Crippen LogP contribution >= 0.6 is 0 Å². The van der Waals surface area contributed by atoms with Crippen LogP contribution in [0, 0.1) is 5.82 Å². The summed E-state index contributed by atoms with van der Waals surface area (Å²) in [6, 6.07) is 6.30. The molecule has 52 valence electrons. The quantitative estimate of drug-likeness (QED) is 0.352. The maximum Gasteiger partial charge on any atom is 0.132 e. The van der Waals surface area contributed by atoms with E-state index in [1.54, 1.807) is 18.2 Å². The summed E-state index contributed by atoms with van der Waals surface area (Å²) >= 11 is 0. The van der Waals surface area contributed by atoms with E-state index < -0.39 is 0 Å². The molecule has 0 radical (unpaired) electrons. The minimum Gasteiger partial charge on any atom is -0.323 e. The summed E-state index contributed by atoms with van der Waals surface area (Å²) in [4.78, 5) is 0. The first-order chi connectivity index (χ1) is 4.84. The highest BCUT2D eigenvalue weighted by Crippen LogP contribution is 2.01. The zero-order valence-corrected chi connectivity index (χ0v) is 5.29. The van der Waals surface area contributed by atoms with Crippen molar-refractivity contribution in [3.8, 4) is 0 Å². The van der Waals surface area contributed by atoms with E-state index in [-0.39, 0.29) is 5.82 Å². The molecule has 0 aromatic heterocycles. The molecule has 0 heterocycles. The summed E-state index contributed by atoms with van der Waals surface area (Å²) in [5, 5.41) is 3.20. The molecule has 1 aromatic carbocycles. The topological polar surface area (TPSA) is 38.4 Å². The van der Waals surface area contributed by atoms with Crippen molar-refractivity contribution in [2.45, 2.75) is 0 Å². The van der Waals surface area contributed by atoms with E-state index in [0.29, 0.717) is 5.56 Å². The van der Waals surface area contributed by atoms with Gasteiger partial charge in [0.05, 0.1) is 6.21 Å². The van der Waals surface area contributed by atoms with E-state index in [1.807, 2.05) is 0 Å². The second-order valence-electron chi connectivity index (χ2n) is 1.80. The van der Waals surface area contributed by atoms with Gasteiger partial charge in [0.15, 0.2) is 0 Å². The Morgan fingerprint density at radius 2 is 2.10 bits per heavy atom. The minimum atomic E-state index is -0.309. The van der Waals surface area contributed by atoms with Gasteiger partial charge in [-0.1, -0.05) is 18.2 Å². The van der Waals surface area contributed by atoms with E-state index in [0.717, 1.165) is 0 Å². The Balaban J connectivity index is 3.03. The second kappa shape index (κ2) is 2.96. The van der Waals surface area contributed by atoms with E-state index in [1.165, 1.54) is 12.3 Å². The van der Waals surface area contributed by atoms with E-state index in [4.69, 9.17) is 5.84 Å². The molecular weight excluding hydrogens is 131 g/mol. The molecule has 0 aliphatic rings. The Kier molecular flexibility index (Phi) is 1.99. The number of halogens is 1. The lowest BCUT2D eigenvalue weighted by Crippen LogP contribution is -1.89. The molecule has 0 amide bonds. The van der Waals surface area contributed by atoms with Crippen molar-refractivity contribution in [1.29, 1.82) is 0 Å². The summed E-state index contributed by atoms with van der Waals surface area (Å²) in [7, 11) is 0. The highest BCUT2D eigenvalue weighted by Gasteiger charge is 1.93. The third-order valence-corrected chi connectivity index (χ3v) is 1.12. The number of nitrogens with two attached hydrogens (primary N) is 1. The van der Waals surface area contributed by atoms with Gasteiger partial charge in [-0.05, 0) is 6.07 Å². The number of hydrazone groups is 1. The fraction of sp³-hybridized carbons (Fsp3) is 0. The highest BCUT2D eigenvalue weighted by atomic mass is 19.1. The number of benzene rings is 1. The summed E-state index contributed by atoms with van der Waals surface area (Å²) in [5.74, 6) is 4.52. The molecule has 1 rings (SSSR count). The van der Waals surface area contributed by atoms with Crippen LogP contribution in [0.3, 0.4) is 0 Å². The van der Waals surface area contributed by atoms with Crippen LogP contribution in [0.1, 0.15) is 5.56 Å². The van der Waals surface area contributed by atoms with Crippen LogP contribution < -0.4 is 5.84 Å². The summed E-state index contributed by atoms with van der Waals surface area (Å²) < 4.78 is 12.6. The molecule has 10 heavy (non-hydrogen) atoms. The molecule has 0 aliphatic carbocycles. The lowest BCUT2D eigenvalue weighted by atomic mass is 10.2. The fourth-order valence-electron chi connectivity index (χ4n) is 0.660. The highest BCUT2D eigenvalue weighted by molar-refractivity contribution is 5.79. The fourth-order valence-corrected chi connectivity index (χ4v) is 0.660. The van der Waals surface area contributed by atoms with E-state index in [9.17, 15) is 4.39 Å². The van der Waals surface area contributed by atoms with Gasteiger partial charge in [0.1, 0.15) is 5.82 Å². The lowest BCUT2D eigenvalue weighted by molar-refractivity contribution is 0.626. The molecule has 0 unspecified atom stereocenters. The SMILES string of the molecule is NN=Cc1ccccc1F. The van der Waals surface area contributed by atoms with Crippen LogP contribution in [0.15, 0.2) is 29.4 Å². The van der Waals surface area contributed by atoms with Crippen LogP contribution in [0.4, 0.5) is 4.39 Å². The molecule has 0 atom stereocenters. The van der Waals surface area contributed by atoms with Gasteiger partial charge in [0.2, 0.25) is 0 Å². The van der Waals surface area contributed by atoms with Gasteiger partial charge in [-0.3, -0.25) is 0 Å². The normalized spacial score (nSPS) is 10.5. The minimum absolute atomic E-state index is 0.309. The van der Waals surface area contributed by atoms with Crippen LogP contribution in [-0.4, -0.2) is 6.21 Å². The third-order valence-electron chi connectivity index (χ3n) is 1.12. The van der Waals surface area contributed by atoms with Gasteiger partial charge >= 0.3 is 0 Å². The molecular formula is C7H7FN2. The van der Waals surface area contributed by atoms with E-state index in [2.05, 4.69) is 5.10 Å². The van der Waals surface area contributed by atoms with Gasteiger partial charge < -0.3 is 5.84 Å². The van der Waals surface area contributed by atoms with Crippen LogP contribution in [-0.2, 0) is 0 Å². The van der Waals surface area contributed by atoms with Gasteiger partial charge in [-0.2, -0.15) is 5.10 Å². The second-order valence-corrected chi connectivity index (χ2v) is 1.80. The monoisotopic (exact) mass is 138 g/mol. The van der Waals surface area contributed by atoms with Crippen molar-refractivity contribution in [2.24, 2.45) is 10.9 Å². The Morgan fingerprint density at radius 3 is 2.70 bits per heavy atom. The van der Waals surface area contributed by atoms with Crippen molar-refractivity contribution in [3.05, 3.63) is 35.6 Å². The van der Waals surface area contributed by atoms with Crippen molar-refractivity contribution < 1.29 is 4.39 Å². The Bertz CT molecular complexity index is 245. The first-order valence-corrected chi connectivity index (χ1v) is 2.82.